The minimum absolute atomic E-state index is 0.255. The van der Waals surface area contributed by atoms with Gasteiger partial charge in [0.1, 0.15) is 24.7 Å². The molecular weight excluding hydrogens is 458 g/mol. The number of hydrogen-bond acceptors (Lipinski definition) is 5. The van der Waals surface area contributed by atoms with E-state index in [1.807, 2.05) is 42.5 Å². The molecule has 0 bridgehead atoms. The highest BCUT2D eigenvalue weighted by atomic mass is 32.1. The van der Waals surface area contributed by atoms with E-state index in [-0.39, 0.29) is 11.9 Å². The summed E-state index contributed by atoms with van der Waals surface area (Å²) in [7, 11) is 0. The summed E-state index contributed by atoms with van der Waals surface area (Å²) in [6.07, 6.45) is 1.97. The maximum Gasteiger partial charge on any atom is 0.257 e. The molecule has 0 spiro atoms. The third-order valence-electron chi connectivity index (χ3n) is 5.86. The normalized spacial score (nSPS) is 14.2. The largest absolute Gasteiger partial charge is 0.490 e. The molecule has 1 aliphatic heterocycles. The predicted octanol–water partition coefficient (Wildman–Crippen LogP) is 4.41. The highest BCUT2D eigenvalue weighted by Gasteiger charge is 2.20. The van der Waals surface area contributed by atoms with Gasteiger partial charge in [0.25, 0.3) is 5.91 Å². The minimum Gasteiger partial charge on any atom is -0.490 e. The van der Waals surface area contributed by atoms with Crippen LogP contribution in [0.3, 0.4) is 0 Å². The number of nitrogens with zero attached hydrogens (tertiary/aromatic N) is 1. The van der Waals surface area contributed by atoms with Crippen molar-refractivity contribution in [3.63, 3.8) is 0 Å². The molecule has 1 fully saturated rings. The van der Waals surface area contributed by atoms with Crippen LogP contribution in [0.1, 0.15) is 28.8 Å². The van der Waals surface area contributed by atoms with E-state index in [9.17, 15) is 4.79 Å². The van der Waals surface area contributed by atoms with Crippen LogP contribution in [0.25, 0.3) is 0 Å². The number of hydrogen-bond donors (Lipinski definition) is 2. The van der Waals surface area contributed by atoms with E-state index in [0.717, 1.165) is 38.2 Å². The molecule has 1 saturated heterocycles. The molecule has 0 unspecified atom stereocenters. The molecule has 0 atom stereocenters. The van der Waals surface area contributed by atoms with Crippen molar-refractivity contribution in [3.8, 4) is 11.5 Å². The van der Waals surface area contributed by atoms with Crippen molar-refractivity contribution in [2.45, 2.75) is 25.4 Å². The Kier molecular flexibility index (Phi) is 9.09. The number of benzene rings is 3. The van der Waals surface area contributed by atoms with Crippen LogP contribution in [-0.4, -0.2) is 48.3 Å². The van der Waals surface area contributed by atoms with E-state index in [2.05, 4.69) is 39.8 Å². The Balaban J connectivity index is 1.17. The third kappa shape index (κ3) is 8.09. The van der Waals surface area contributed by atoms with Gasteiger partial charge in [0.2, 0.25) is 0 Å². The van der Waals surface area contributed by atoms with Crippen molar-refractivity contribution >= 4 is 23.2 Å². The Hall–Kier alpha value is -3.42. The van der Waals surface area contributed by atoms with Crippen LogP contribution in [0.4, 0.5) is 0 Å². The fourth-order valence-corrected chi connectivity index (χ4v) is 4.30. The van der Waals surface area contributed by atoms with Gasteiger partial charge in [0.15, 0.2) is 5.11 Å². The molecule has 0 saturated carbocycles. The molecular formula is C28H31N3O3S. The van der Waals surface area contributed by atoms with Gasteiger partial charge in [-0.15, -0.1) is 0 Å². The second-order valence-electron chi connectivity index (χ2n) is 8.50. The number of amides is 1. The molecule has 2 N–H and O–H groups in total. The zero-order valence-corrected chi connectivity index (χ0v) is 20.5. The molecule has 4 rings (SSSR count). The number of para-hydroxylation sites is 1. The van der Waals surface area contributed by atoms with Crippen LogP contribution in [-0.2, 0) is 6.54 Å². The highest BCUT2D eigenvalue weighted by molar-refractivity contribution is 7.80. The van der Waals surface area contributed by atoms with Gasteiger partial charge in [-0.3, -0.25) is 15.0 Å². The van der Waals surface area contributed by atoms with Crippen LogP contribution in [0, 0.1) is 0 Å². The van der Waals surface area contributed by atoms with Crippen LogP contribution in [0.5, 0.6) is 11.5 Å². The number of carbonyl (C=O) groups excluding carboxylic acids is 1. The summed E-state index contributed by atoms with van der Waals surface area (Å²) in [6.45, 7) is 3.75. The van der Waals surface area contributed by atoms with Gasteiger partial charge in [-0.1, -0.05) is 54.6 Å². The van der Waals surface area contributed by atoms with E-state index in [4.69, 9.17) is 21.7 Å². The van der Waals surface area contributed by atoms with Crippen molar-refractivity contribution in [2.75, 3.05) is 26.3 Å². The lowest BCUT2D eigenvalue weighted by Gasteiger charge is -2.32. The lowest BCUT2D eigenvalue weighted by atomic mass is 10.0. The average molecular weight is 490 g/mol. The maximum atomic E-state index is 12.7. The number of likely N-dealkylation sites (tertiary alicyclic amines) is 1. The second kappa shape index (κ2) is 12.9. The minimum atomic E-state index is -0.255. The molecule has 0 radical (unpaired) electrons. The number of piperidine rings is 1. The van der Waals surface area contributed by atoms with Gasteiger partial charge in [0, 0.05) is 31.2 Å². The molecule has 182 valence electrons. The Morgan fingerprint density at radius 3 is 2.20 bits per heavy atom. The second-order valence-corrected chi connectivity index (χ2v) is 8.91. The van der Waals surface area contributed by atoms with E-state index in [1.54, 1.807) is 18.2 Å². The first-order chi connectivity index (χ1) is 17.2. The van der Waals surface area contributed by atoms with Crippen LogP contribution in [0.2, 0.25) is 0 Å². The molecule has 3 aromatic rings. The Morgan fingerprint density at radius 1 is 0.857 bits per heavy atom. The summed E-state index contributed by atoms with van der Waals surface area (Å²) < 4.78 is 11.4. The van der Waals surface area contributed by atoms with Gasteiger partial charge >= 0.3 is 0 Å². The molecule has 0 aliphatic carbocycles. The lowest BCUT2D eigenvalue weighted by Crippen LogP contribution is -2.48. The molecule has 0 aromatic heterocycles. The first-order valence-corrected chi connectivity index (χ1v) is 12.4. The van der Waals surface area contributed by atoms with Crippen molar-refractivity contribution in [1.82, 2.24) is 15.5 Å². The van der Waals surface area contributed by atoms with E-state index < -0.39 is 0 Å². The first kappa shape index (κ1) is 24.7. The highest BCUT2D eigenvalue weighted by Crippen LogP contribution is 2.15. The van der Waals surface area contributed by atoms with Crippen molar-refractivity contribution in [1.29, 1.82) is 0 Å². The Bertz CT molecular complexity index is 1090. The van der Waals surface area contributed by atoms with Crippen molar-refractivity contribution in [2.24, 2.45) is 0 Å². The molecule has 7 heteroatoms. The molecule has 1 aliphatic rings. The quantitative estimate of drug-likeness (QED) is 0.343. The Labute approximate surface area is 212 Å². The topological polar surface area (TPSA) is 62.8 Å². The number of thiocarbonyl (C=S) groups is 1. The van der Waals surface area contributed by atoms with Gasteiger partial charge < -0.3 is 14.8 Å². The monoisotopic (exact) mass is 489 g/mol. The van der Waals surface area contributed by atoms with E-state index >= 15 is 0 Å². The number of nitrogens with one attached hydrogen (secondary N) is 2. The first-order valence-electron chi connectivity index (χ1n) is 11.9. The maximum absolute atomic E-state index is 12.7. The molecule has 35 heavy (non-hydrogen) atoms. The molecule has 1 heterocycles. The zero-order chi connectivity index (χ0) is 24.3. The fourth-order valence-electron chi connectivity index (χ4n) is 4.04. The summed E-state index contributed by atoms with van der Waals surface area (Å²) in [6, 6.07) is 27.4. The SMILES string of the molecule is O=C(NC(=S)NC1CCN(Cc2ccccc2)CC1)c1cccc(OCCOc2ccccc2)c1. The van der Waals surface area contributed by atoms with Crippen molar-refractivity contribution in [3.05, 3.63) is 96.1 Å². The summed E-state index contributed by atoms with van der Waals surface area (Å²) in [5, 5.41) is 6.46. The van der Waals surface area contributed by atoms with Gasteiger partial charge in [-0.2, -0.15) is 0 Å². The molecule has 1 amide bonds. The molecule has 3 aromatic carbocycles. The summed E-state index contributed by atoms with van der Waals surface area (Å²) in [5.41, 5.74) is 1.82. The van der Waals surface area contributed by atoms with E-state index in [0.29, 0.717) is 29.6 Å². The predicted molar refractivity (Wildman–Crippen MR) is 142 cm³/mol. The van der Waals surface area contributed by atoms with Gasteiger partial charge in [0.05, 0.1) is 0 Å². The third-order valence-corrected chi connectivity index (χ3v) is 6.08. The Morgan fingerprint density at radius 2 is 1.49 bits per heavy atom. The van der Waals surface area contributed by atoms with Gasteiger partial charge in [-0.25, -0.2) is 0 Å². The standard InChI is InChI=1S/C28H31N3O3S/c32-27(23-10-7-13-26(20-23)34-19-18-33-25-11-5-2-6-12-25)30-28(35)29-24-14-16-31(17-15-24)21-22-8-3-1-4-9-22/h1-13,20,24H,14-19,21H2,(H2,29,30,32,35). The van der Waals surface area contributed by atoms with Gasteiger partial charge in [-0.05, 0) is 61.0 Å². The number of rotatable bonds is 9. The average Bonchev–Trinajstić information content (AvgIpc) is 2.89. The van der Waals surface area contributed by atoms with Crippen LogP contribution < -0.4 is 20.1 Å². The zero-order valence-electron chi connectivity index (χ0n) is 19.7. The fraction of sp³-hybridized carbons (Fsp3) is 0.286. The molecule has 6 nitrogen and oxygen atoms in total. The summed E-state index contributed by atoms with van der Waals surface area (Å²) in [4.78, 5) is 15.1. The number of ether oxygens (including phenoxy) is 2. The van der Waals surface area contributed by atoms with Crippen LogP contribution >= 0.6 is 12.2 Å². The van der Waals surface area contributed by atoms with E-state index in [1.165, 1.54) is 5.56 Å². The summed E-state index contributed by atoms with van der Waals surface area (Å²) >= 11 is 5.41. The lowest BCUT2D eigenvalue weighted by molar-refractivity contribution is 0.0975. The van der Waals surface area contributed by atoms with Crippen LogP contribution in [0.15, 0.2) is 84.9 Å². The summed E-state index contributed by atoms with van der Waals surface area (Å²) in [5.74, 6) is 1.15. The van der Waals surface area contributed by atoms with Crippen molar-refractivity contribution < 1.29 is 14.3 Å². The number of carbonyl (C=O) groups is 1. The smallest absolute Gasteiger partial charge is 0.257 e.